The van der Waals surface area contributed by atoms with E-state index in [0.717, 1.165) is 115 Å². The average Bonchev–Trinajstić information content (AvgIpc) is 3.98. The number of furan rings is 3. The van der Waals surface area contributed by atoms with Crippen molar-refractivity contribution in [3.05, 3.63) is 176 Å². The van der Waals surface area contributed by atoms with E-state index >= 15 is 0 Å². The summed E-state index contributed by atoms with van der Waals surface area (Å²) in [4.78, 5) is 15.8. The molecule has 59 heavy (non-hydrogen) atoms. The number of para-hydroxylation sites is 3. The second kappa shape index (κ2) is 12.2. The number of nitrogens with zero attached hydrogens (tertiary/aromatic N) is 3. The first-order valence-electron chi connectivity index (χ1n) is 19.7. The van der Waals surface area contributed by atoms with E-state index in [0.29, 0.717) is 17.5 Å². The summed E-state index contributed by atoms with van der Waals surface area (Å²) < 4.78 is 18.9. The monoisotopic (exact) mass is 755 g/mol. The highest BCUT2D eigenvalue weighted by Gasteiger charge is 2.21. The van der Waals surface area contributed by atoms with E-state index in [1.165, 1.54) is 0 Å². The van der Waals surface area contributed by atoms with E-state index in [-0.39, 0.29) is 0 Å². The third-order valence-corrected chi connectivity index (χ3v) is 11.7. The first kappa shape index (κ1) is 32.0. The molecule has 0 radical (unpaired) electrons. The van der Waals surface area contributed by atoms with Gasteiger partial charge in [0.15, 0.2) is 17.5 Å². The van der Waals surface area contributed by atoms with Crippen LogP contribution < -0.4 is 0 Å². The van der Waals surface area contributed by atoms with Crippen molar-refractivity contribution in [2.75, 3.05) is 0 Å². The van der Waals surface area contributed by atoms with Crippen molar-refractivity contribution in [3.8, 4) is 45.3 Å². The maximum atomic E-state index is 6.33. The molecule has 6 nitrogen and oxygen atoms in total. The molecule has 13 aromatic rings. The SMILES string of the molecule is c1ccc2c(c1)oc1cc3cc(-c4nc(-c5cccc6c(-c7cccc8oc9ccccc9c78)cccc56)nc(-c5cccc6oc7ccccc7c56)n4)ccc3cc12. The maximum Gasteiger partial charge on any atom is 0.164 e. The molecule has 0 amide bonds. The fourth-order valence-electron chi connectivity index (χ4n) is 9.05. The summed E-state index contributed by atoms with van der Waals surface area (Å²) in [7, 11) is 0. The maximum absolute atomic E-state index is 6.33. The highest BCUT2D eigenvalue weighted by atomic mass is 16.3. The number of rotatable bonds is 4. The zero-order chi connectivity index (χ0) is 38.6. The van der Waals surface area contributed by atoms with Gasteiger partial charge in [-0.25, -0.2) is 15.0 Å². The number of hydrogen-bond donors (Lipinski definition) is 0. The van der Waals surface area contributed by atoms with Crippen molar-refractivity contribution in [1.82, 2.24) is 15.0 Å². The van der Waals surface area contributed by atoms with Crippen LogP contribution in [-0.4, -0.2) is 15.0 Å². The van der Waals surface area contributed by atoms with Crippen LogP contribution in [0.5, 0.6) is 0 Å². The molecule has 0 saturated heterocycles. The van der Waals surface area contributed by atoms with Crippen LogP contribution in [0.2, 0.25) is 0 Å². The van der Waals surface area contributed by atoms with E-state index in [9.17, 15) is 0 Å². The topological polar surface area (TPSA) is 78.1 Å². The number of fused-ring (bicyclic) bond motifs is 11. The summed E-state index contributed by atoms with van der Waals surface area (Å²) in [6.45, 7) is 0. The molecule has 0 aliphatic rings. The van der Waals surface area contributed by atoms with Gasteiger partial charge in [-0.1, -0.05) is 127 Å². The van der Waals surface area contributed by atoms with Gasteiger partial charge in [-0.2, -0.15) is 0 Å². The van der Waals surface area contributed by atoms with Gasteiger partial charge in [0.25, 0.3) is 0 Å². The lowest BCUT2D eigenvalue weighted by atomic mass is 9.93. The first-order chi connectivity index (χ1) is 29.2. The fraction of sp³-hybridized carbons (Fsp3) is 0. The van der Waals surface area contributed by atoms with Crippen LogP contribution in [0.1, 0.15) is 0 Å². The van der Waals surface area contributed by atoms with E-state index in [1.807, 2.05) is 66.7 Å². The molecule has 0 aliphatic heterocycles. The number of aromatic nitrogens is 3. The van der Waals surface area contributed by atoms with Crippen LogP contribution in [0.3, 0.4) is 0 Å². The lowest BCUT2D eigenvalue weighted by molar-refractivity contribution is 0.668. The number of benzene rings is 9. The second-order valence-corrected chi connectivity index (χ2v) is 15.1. The van der Waals surface area contributed by atoms with Gasteiger partial charge < -0.3 is 13.3 Å². The second-order valence-electron chi connectivity index (χ2n) is 15.1. The summed E-state index contributed by atoms with van der Waals surface area (Å²) in [5.41, 5.74) is 9.93. The smallest absolute Gasteiger partial charge is 0.164 e. The van der Waals surface area contributed by atoms with Gasteiger partial charge in [-0.05, 0) is 81.2 Å². The molecule has 13 rings (SSSR count). The van der Waals surface area contributed by atoms with E-state index in [1.54, 1.807) is 0 Å². The summed E-state index contributed by atoms with van der Waals surface area (Å²) >= 11 is 0. The Morgan fingerprint density at radius 1 is 0.271 bits per heavy atom. The number of hydrogen-bond acceptors (Lipinski definition) is 6. The van der Waals surface area contributed by atoms with Gasteiger partial charge in [0.1, 0.15) is 33.5 Å². The molecule has 4 heterocycles. The standard InChI is InChI=1S/C53H29N3O3/c1-4-20-43-36(11-1)42-28-30-25-26-31(27-32(30)29-48(42)59-43)51-54-52(56-53(55-51)41-19-10-24-47-50(41)40-13-3-6-22-45(40)58-47)38-18-8-14-33-34(15-7-16-35(33)38)37-17-9-23-46-49(37)39-12-2-5-21-44(39)57-46/h1-29H. The Hall–Kier alpha value is -8.09. The molecule has 274 valence electrons. The molecule has 9 aromatic carbocycles. The zero-order valence-corrected chi connectivity index (χ0v) is 31.3. The normalized spacial score (nSPS) is 12.1. The highest BCUT2D eigenvalue weighted by molar-refractivity contribution is 6.17. The molecule has 6 heteroatoms. The summed E-state index contributed by atoms with van der Waals surface area (Å²) in [5.74, 6) is 1.72. The molecule has 0 spiro atoms. The Balaban J connectivity index is 1.05. The summed E-state index contributed by atoms with van der Waals surface area (Å²) in [5, 5.41) is 10.7. The minimum absolute atomic E-state index is 0.567. The molecule has 0 saturated carbocycles. The molecule has 0 bridgehead atoms. The minimum Gasteiger partial charge on any atom is -0.456 e. The predicted molar refractivity (Wildman–Crippen MR) is 238 cm³/mol. The van der Waals surface area contributed by atoms with Crippen LogP contribution in [0, 0.1) is 0 Å². The molecular formula is C53H29N3O3. The highest BCUT2D eigenvalue weighted by Crippen LogP contribution is 2.42. The summed E-state index contributed by atoms with van der Waals surface area (Å²) in [6.07, 6.45) is 0. The Kier molecular flexibility index (Phi) is 6.63. The van der Waals surface area contributed by atoms with Crippen LogP contribution in [0.25, 0.3) is 133 Å². The van der Waals surface area contributed by atoms with Crippen molar-refractivity contribution < 1.29 is 13.3 Å². The fourth-order valence-corrected chi connectivity index (χ4v) is 9.05. The molecule has 0 N–H and O–H groups in total. The quantitative estimate of drug-likeness (QED) is 0.178. The van der Waals surface area contributed by atoms with Gasteiger partial charge in [-0.3, -0.25) is 0 Å². The van der Waals surface area contributed by atoms with Gasteiger partial charge in [0.05, 0.1) is 0 Å². The predicted octanol–water partition coefficient (Wildman–Crippen LogP) is 14.5. The third-order valence-electron chi connectivity index (χ3n) is 11.7. The van der Waals surface area contributed by atoms with Crippen LogP contribution in [-0.2, 0) is 0 Å². The lowest BCUT2D eigenvalue weighted by Crippen LogP contribution is -2.01. The third kappa shape index (κ3) is 4.84. The minimum atomic E-state index is 0.567. The van der Waals surface area contributed by atoms with Crippen molar-refractivity contribution in [3.63, 3.8) is 0 Å². The Labute approximate surface area is 335 Å². The van der Waals surface area contributed by atoms with Gasteiger partial charge in [0.2, 0.25) is 0 Å². The van der Waals surface area contributed by atoms with Gasteiger partial charge >= 0.3 is 0 Å². The van der Waals surface area contributed by atoms with Gasteiger partial charge in [-0.15, -0.1) is 0 Å². The molecule has 4 aromatic heterocycles. The van der Waals surface area contributed by atoms with E-state index < -0.39 is 0 Å². The average molecular weight is 756 g/mol. The summed E-state index contributed by atoms with van der Waals surface area (Å²) in [6, 6.07) is 60.4. The molecule has 0 atom stereocenters. The van der Waals surface area contributed by atoms with Crippen molar-refractivity contribution >= 4 is 87.4 Å². The molecule has 0 fully saturated rings. The van der Waals surface area contributed by atoms with Crippen LogP contribution >= 0.6 is 0 Å². The molecule has 0 aliphatic carbocycles. The Bertz CT molecular complexity index is 3870. The van der Waals surface area contributed by atoms with Crippen molar-refractivity contribution in [1.29, 1.82) is 0 Å². The largest absolute Gasteiger partial charge is 0.456 e. The zero-order valence-electron chi connectivity index (χ0n) is 31.3. The van der Waals surface area contributed by atoms with Crippen LogP contribution in [0.4, 0.5) is 0 Å². The Morgan fingerprint density at radius 2 is 0.763 bits per heavy atom. The van der Waals surface area contributed by atoms with Crippen molar-refractivity contribution in [2.24, 2.45) is 0 Å². The van der Waals surface area contributed by atoms with Gasteiger partial charge in [0, 0.05) is 49.0 Å². The lowest BCUT2D eigenvalue weighted by Gasteiger charge is -2.13. The molecular weight excluding hydrogens is 727 g/mol. The first-order valence-corrected chi connectivity index (χ1v) is 19.7. The van der Waals surface area contributed by atoms with Crippen LogP contribution in [0.15, 0.2) is 189 Å². The van der Waals surface area contributed by atoms with E-state index in [4.69, 9.17) is 28.2 Å². The van der Waals surface area contributed by atoms with Crippen molar-refractivity contribution in [2.45, 2.75) is 0 Å². The van der Waals surface area contributed by atoms with E-state index in [2.05, 4.69) is 109 Å². The Morgan fingerprint density at radius 3 is 1.49 bits per heavy atom. The molecule has 0 unspecified atom stereocenters.